The molecule has 0 saturated carbocycles. The lowest BCUT2D eigenvalue weighted by molar-refractivity contribution is 0.558. The maximum Gasteiger partial charge on any atom is 0.223 e. The standard InChI is InChI=1S/C10H24N2O4S4/c1-5-7-9-19(13,14)11(3)17-18-12(4)20(15,16)10-8-6-2/h5-10H2,1-4H3. The quantitative estimate of drug-likeness (QED) is 0.414. The van der Waals surface area contributed by atoms with E-state index in [4.69, 9.17) is 0 Å². The summed E-state index contributed by atoms with van der Waals surface area (Å²) in [6.45, 7) is 3.84. The van der Waals surface area contributed by atoms with Crippen molar-refractivity contribution in [2.24, 2.45) is 0 Å². The molecule has 122 valence electrons. The Morgan fingerprint density at radius 2 is 1.05 bits per heavy atom. The van der Waals surface area contributed by atoms with Crippen LogP contribution in [0.3, 0.4) is 0 Å². The van der Waals surface area contributed by atoms with Crippen LogP contribution in [0.1, 0.15) is 39.5 Å². The van der Waals surface area contributed by atoms with Crippen LogP contribution >= 0.6 is 22.0 Å². The van der Waals surface area contributed by atoms with Crippen LogP contribution in [-0.4, -0.2) is 49.9 Å². The van der Waals surface area contributed by atoms with Crippen molar-refractivity contribution in [3.05, 3.63) is 0 Å². The van der Waals surface area contributed by atoms with E-state index in [2.05, 4.69) is 0 Å². The molecule has 0 bridgehead atoms. The highest BCUT2D eigenvalue weighted by Gasteiger charge is 2.23. The Hall–Kier alpha value is 0.520. The molecule has 0 fully saturated rings. The van der Waals surface area contributed by atoms with E-state index in [-0.39, 0.29) is 11.5 Å². The number of nitrogens with zero attached hydrogens (tertiary/aromatic N) is 2. The molecule has 0 heterocycles. The van der Waals surface area contributed by atoms with Gasteiger partial charge in [-0.05, 0) is 12.8 Å². The van der Waals surface area contributed by atoms with E-state index in [1.165, 1.54) is 14.1 Å². The Balaban J connectivity index is 4.40. The zero-order chi connectivity index (χ0) is 15.8. The van der Waals surface area contributed by atoms with Crippen LogP contribution in [0.25, 0.3) is 0 Å². The van der Waals surface area contributed by atoms with Crippen molar-refractivity contribution in [3.63, 3.8) is 0 Å². The number of hydrogen-bond donors (Lipinski definition) is 0. The normalized spacial score (nSPS) is 13.3. The fourth-order valence-corrected chi connectivity index (χ4v) is 7.02. The molecule has 0 N–H and O–H groups in total. The van der Waals surface area contributed by atoms with E-state index < -0.39 is 20.0 Å². The minimum Gasteiger partial charge on any atom is -0.211 e. The molecular weight excluding hydrogens is 340 g/mol. The Kier molecular flexibility index (Phi) is 9.77. The van der Waals surface area contributed by atoms with Crippen LogP contribution in [-0.2, 0) is 20.0 Å². The largest absolute Gasteiger partial charge is 0.223 e. The fourth-order valence-electron chi connectivity index (χ4n) is 1.10. The maximum atomic E-state index is 11.8. The zero-order valence-corrected chi connectivity index (χ0v) is 15.7. The third kappa shape index (κ3) is 7.51. The average Bonchev–Trinajstić information content (AvgIpc) is 2.39. The highest BCUT2D eigenvalue weighted by atomic mass is 33.1. The van der Waals surface area contributed by atoms with Crippen molar-refractivity contribution >= 4 is 42.0 Å². The molecule has 0 amide bonds. The predicted octanol–water partition coefficient (Wildman–Crippen LogP) is 2.32. The summed E-state index contributed by atoms with van der Waals surface area (Å²) in [5.74, 6) is 0.166. The topological polar surface area (TPSA) is 74.8 Å². The number of rotatable bonds is 11. The molecule has 0 unspecified atom stereocenters. The van der Waals surface area contributed by atoms with E-state index in [0.29, 0.717) is 12.8 Å². The number of hydrogen-bond acceptors (Lipinski definition) is 6. The summed E-state index contributed by atoms with van der Waals surface area (Å²) < 4.78 is 49.6. The summed E-state index contributed by atoms with van der Waals surface area (Å²) in [7, 11) is -1.95. The second-order valence-electron chi connectivity index (χ2n) is 4.31. The summed E-state index contributed by atoms with van der Waals surface area (Å²) in [6.07, 6.45) is 2.80. The van der Waals surface area contributed by atoms with Crippen LogP contribution in [0, 0.1) is 0 Å². The van der Waals surface area contributed by atoms with Gasteiger partial charge in [-0.3, -0.25) is 0 Å². The van der Waals surface area contributed by atoms with Gasteiger partial charge in [-0.2, -0.15) is 0 Å². The second kappa shape index (κ2) is 9.52. The first-order chi connectivity index (χ1) is 9.17. The molecule has 0 rings (SSSR count). The van der Waals surface area contributed by atoms with Gasteiger partial charge in [-0.15, -0.1) is 7.42 Å². The van der Waals surface area contributed by atoms with Gasteiger partial charge in [0.15, 0.2) is 0 Å². The van der Waals surface area contributed by atoms with Gasteiger partial charge in [0.2, 0.25) is 20.0 Å². The van der Waals surface area contributed by atoms with Gasteiger partial charge in [0.1, 0.15) is 0 Å². The third-order valence-corrected chi connectivity index (χ3v) is 10.1. The van der Waals surface area contributed by atoms with Crippen LogP contribution < -0.4 is 0 Å². The zero-order valence-electron chi connectivity index (χ0n) is 12.4. The fraction of sp³-hybridized carbons (Fsp3) is 1.00. The van der Waals surface area contributed by atoms with Crippen molar-refractivity contribution < 1.29 is 16.8 Å². The van der Waals surface area contributed by atoms with E-state index in [9.17, 15) is 16.8 Å². The molecule has 0 aliphatic heterocycles. The molecule has 0 spiro atoms. The Bertz CT molecular complexity index is 420. The van der Waals surface area contributed by atoms with Crippen molar-refractivity contribution in [3.8, 4) is 0 Å². The molecule has 0 radical (unpaired) electrons. The average molecular weight is 365 g/mol. The SMILES string of the molecule is CCCCS(=O)(=O)N(C)SSN(C)S(=O)(=O)CCCC. The Morgan fingerprint density at radius 1 is 0.750 bits per heavy atom. The lowest BCUT2D eigenvalue weighted by Crippen LogP contribution is -2.26. The summed E-state index contributed by atoms with van der Waals surface area (Å²) in [5, 5.41) is 0. The van der Waals surface area contributed by atoms with Gasteiger partial charge in [-0.1, -0.05) is 26.7 Å². The molecule has 0 saturated heterocycles. The summed E-state index contributed by atoms with van der Waals surface area (Å²) >= 11 is 0. The number of sulfonamides is 2. The van der Waals surface area contributed by atoms with Gasteiger partial charge in [0.05, 0.1) is 11.5 Å². The van der Waals surface area contributed by atoms with Crippen molar-refractivity contribution in [2.45, 2.75) is 39.5 Å². The minimum atomic E-state index is -3.33. The number of unbranched alkanes of at least 4 members (excludes halogenated alkanes) is 2. The maximum absolute atomic E-state index is 11.8. The third-order valence-electron chi connectivity index (χ3n) is 2.54. The summed E-state index contributed by atoms with van der Waals surface area (Å²) in [6, 6.07) is 0. The lowest BCUT2D eigenvalue weighted by Gasteiger charge is -2.19. The molecule has 0 aromatic heterocycles. The van der Waals surface area contributed by atoms with Crippen LogP contribution in [0.5, 0.6) is 0 Å². The first-order valence-corrected chi connectivity index (χ1v) is 11.7. The molecule has 0 aromatic carbocycles. The highest BCUT2D eigenvalue weighted by Crippen LogP contribution is 2.32. The molecule has 0 aliphatic carbocycles. The van der Waals surface area contributed by atoms with Gasteiger partial charge >= 0.3 is 0 Å². The van der Waals surface area contributed by atoms with Crippen molar-refractivity contribution in [1.29, 1.82) is 0 Å². The van der Waals surface area contributed by atoms with Gasteiger partial charge in [0, 0.05) is 36.1 Å². The smallest absolute Gasteiger partial charge is 0.211 e. The molecule has 10 heteroatoms. The molecule has 20 heavy (non-hydrogen) atoms. The van der Waals surface area contributed by atoms with Crippen LogP contribution in [0.2, 0.25) is 0 Å². The van der Waals surface area contributed by atoms with Crippen molar-refractivity contribution in [2.75, 3.05) is 25.6 Å². The van der Waals surface area contributed by atoms with Crippen molar-refractivity contribution in [1.82, 2.24) is 7.42 Å². The highest BCUT2D eigenvalue weighted by molar-refractivity contribution is 8.76. The van der Waals surface area contributed by atoms with Crippen LogP contribution in [0.15, 0.2) is 0 Å². The second-order valence-corrected chi connectivity index (χ2v) is 11.3. The van der Waals surface area contributed by atoms with E-state index in [1.54, 1.807) is 0 Å². The molecule has 6 nitrogen and oxygen atoms in total. The first kappa shape index (κ1) is 20.5. The Labute approximate surface area is 131 Å². The van der Waals surface area contributed by atoms with E-state index >= 15 is 0 Å². The molecule has 0 aliphatic rings. The van der Waals surface area contributed by atoms with E-state index in [1.807, 2.05) is 13.8 Å². The predicted molar refractivity (Wildman–Crippen MR) is 88.1 cm³/mol. The molecular formula is C10H24N2O4S4. The monoisotopic (exact) mass is 364 g/mol. The Morgan fingerprint density at radius 3 is 1.30 bits per heavy atom. The lowest BCUT2D eigenvalue weighted by atomic mass is 10.4. The summed E-state index contributed by atoms with van der Waals surface area (Å²) in [4.78, 5) is 0. The first-order valence-electron chi connectivity index (χ1n) is 6.45. The minimum absolute atomic E-state index is 0.0832. The van der Waals surface area contributed by atoms with Gasteiger partial charge in [0.25, 0.3) is 0 Å². The van der Waals surface area contributed by atoms with Gasteiger partial charge < -0.3 is 0 Å². The molecule has 0 aromatic rings. The van der Waals surface area contributed by atoms with Gasteiger partial charge in [-0.25, -0.2) is 16.8 Å². The summed E-state index contributed by atoms with van der Waals surface area (Å²) in [5.41, 5.74) is 0. The van der Waals surface area contributed by atoms with E-state index in [0.717, 1.165) is 42.2 Å². The molecule has 0 atom stereocenters. The van der Waals surface area contributed by atoms with Crippen LogP contribution in [0.4, 0.5) is 0 Å².